The lowest BCUT2D eigenvalue weighted by Gasteiger charge is -2.14. The van der Waals surface area contributed by atoms with Crippen molar-refractivity contribution < 1.29 is 9.47 Å². The molecule has 0 saturated heterocycles. The fourth-order valence-corrected chi connectivity index (χ4v) is 4.07. The first-order valence-electron chi connectivity index (χ1n) is 10.3. The topological polar surface area (TPSA) is 65.7 Å². The van der Waals surface area contributed by atoms with E-state index in [0.717, 1.165) is 20.1 Å². The molecule has 0 unspecified atom stereocenters. The van der Waals surface area contributed by atoms with Crippen LogP contribution in [0, 0.1) is 6.92 Å². The molecule has 0 aliphatic rings. The number of nitrogens with zero attached hydrogens (tertiary/aromatic N) is 3. The molecule has 0 radical (unpaired) electrons. The Hall–Kier alpha value is -2.97. The molecule has 0 bridgehead atoms. The summed E-state index contributed by atoms with van der Waals surface area (Å²) in [5.74, 6) is 1.72. The maximum Gasteiger partial charge on any atom is 0.282 e. The summed E-state index contributed by atoms with van der Waals surface area (Å²) in [6.07, 6.45) is 1.60. The second-order valence-electron chi connectivity index (χ2n) is 7.21. The number of aryl methyl sites for hydroxylation is 1. The van der Waals surface area contributed by atoms with Crippen LogP contribution in [-0.2, 0) is 6.61 Å². The van der Waals surface area contributed by atoms with E-state index in [1.54, 1.807) is 25.3 Å². The van der Waals surface area contributed by atoms with Crippen LogP contribution in [0.25, 0.3) is 10.9 Å². The van der Waals surface area contributed by atoms with E-state index in [9.17, 15) is 4.79 Å². The largest absolute Gasteiger partial charge is 0.490 e. The van der Waals surface area contributed by atoms with Gasteiger partial charge in [0.05, 0.1) is 23.7 Å². The molecule has 33 heavy (non-hydrogen) atoms. The number of fused-ring (bicyclic) bond motifs is 1. The van der Waals surface area contributed by atoms with Crippen LogP contribution in [0.4, 0.5) is 0 Å². The summed E-state index contributed by atoms with van der Waals surface area (Å²) < 4.78 is 14.7. The summed E-state index contributed by atoms with van der Waals surface area (Å²) in [7, 11) is 0. The first-order chi connectivity index (χ1) is 16.0. The number of hydrogen-bond acceptors (Lipinski definition) is 5. The molecule has 1 heterocycles. The molecule has 8 heteroatoms. The van der Waals surface area contributed by atoms with Gasteiger partial charge in [-0.15, -0.1) is 0 Å². The Labute approximate surface area is 208 Å². The molecule has 0 N–H and O–H groups in total. The van der Waals surface area contributed by atoms with E-state index in [-0.39, 0.29) is 5.56 Å². The predicted octanol–water partition coefficient (Wildman–Crippen LogP) is 6.09. The number of aromatic nitrogens is 2. The van der Waals surface area contributed by atoms with Gasteiger partial charge in [0.25, 0.3) is 5.56 Å². The van der Waals surface area contributed by atoms with Crippen LogP contribution in [-0.4, -0.2) is 22.5 Å². The molecule has 0 fully saturated rings. The quantitative estimate of drug-likeness (QED) is 0.252. The van der Waals surface area contributed by atoms with Crippen LogP contribution in [0.1, 0.15) is 23.9 Å². The van der Waals surface area contributed by atoms with E-state index >= 15 is 0 Å². The molecular weight excluding hydrogens is 550 g/mol. The third-order valence-electron chi connectivity index (χ3n) is 4.88. The van der Waals surface area contributed by atoms with Gasteiger partial charge in [0.2, 0.25) is 0 Å². The Morgan fingerprint density at radius 3 is 2.55 bits per heavy atom. The molecule has 4 aromatic rings. The summed E-state index contributed by atoms with van der Waals surface area (Å²) >= 11 is 6.99. The normalized spacial score (nSPS) is 11.3. The molecule has 1 aromatic heterocycles. The van der Waals surface area contributed by atoms with Crippen molar-refractivity contribution in [2.75, 3.05) is 6.61 Å². The van der Waals surface area contributed by atoms with Crippen molar-refractivity contribution in [2.24, 2.45) is 5.10 Å². The summed E-state index contributed by atoms with van der Waals surface area (Å²) in [6, 6.07) is 19.0. The van der Waals surface area contributed by atoms with Crippen LogP contribution in [0.5, 0.6) is 11.5 Å². The first-order valence-corrected chi connectivity index (χ1v) is 11.9. The fourth-order valence-electron chi connectivity index (χ4n) is 3.28. The van der Waals surface area contributed by atoms with Gasteiger partial charge in [-0.2, -0.15) is 9.78 Å². The van der Waals surface area contributed by atoms with E-state index in [0.29, 0.717) is 41.4 Å². The number of benzene rings is 3. The average molecular weight is 571 g/mol. The Morgan fingerprint density at radius 2 is 1.79 bits per heavy atom. The van der Waals surface area contributed by atoms with Crippen molar-refractivity contribution in [3.8, 4) is 11.5 Å². The van der Waals surface area contributed by atoms with Gasteiger partial charge in [0, 0.05) is 14.5 Å². The standard InChI is InChI=1S/C25H21Br2N3O3/c1-3-32-23-11-18(21(27)13-24(23)33-15-17-7-5-4-6-8-17)14-28-30-16(2)29-22-10-9-19(26)12-20(22)25(30)31/h4-14H,3,15H2,1-2H3. The first kappa shape index (κ1) is 23.2. The van der Waals surface area contributed by atoms with E-state index in [1.165, 1.54) is 4.68 Å². The van der Waals surface area contributed by atoms with Crippen LogP contribution in [0.2, 0.25) is 0 Å². The maximum absolute atomic E-state index is 13.0. The van der Waals surface area contributed by atoms with Gasteiger partial charge in [0.15, 0.2) is 11.5 Å². The predicted molar refractivity (Wildman–Crippen MR) is 138 cm³/mol. The lowest BCUT2D eigenvalue weighted by Crippen LogP contribution is -2.20. The lowest BCUT2D eigenvalue weighted by atomic mass is 10.2. The van der Waals surface area contributed by atoms with Gasteiger partial charge in [-0.05, 0) is 65.7 Å². The Balaban J connectivity index is 1.67. The molecule has 4 rings (SSSR count). The zero-order valence-corrected chi connectivity index (χ0v) is 21.3. The summed E-state index contributed by atoms with van der Waals surface area (Å²) in [6.45, 7) is 4.58. The second kappa shape index (κ2) is 10.3. The number of halogens is 2. The molecule has 3 aromatic carbocycles. The van der Waals surface area contributed by atoms with Gasteiger partial charge in [0.1, 0.15) is 12.4 Å². The van der Waals surface area contributed by atoms with Gasteiger partial charge >= 0.3 is 0 Å². The highest BCUT2D eigenvalue weighted by atomic mass is 79.9. The summed E-state index contributed by atoms with van der Waals surface area (Å²) in [5, 5.41) is 4.91. The molecule has 0 aliphatic heterocycles. The Bertz CT molecular complexity index is 1390. The summed E-state index contributed by atoms with van der Waals surface area (Å²) in [5.41, 5.74) is 2.20. The zero-order valence-electron chi connectivity index (χ0n) is 18.1. The van der Waals surface area contributed by atoms with Crippen LogP contribution < -0.4 is 15.0 Å². The zero-order chi connectivity index (χ0) is 23.4. The smallest absolute Gasteiger partial charge is 0.282 e. The molecule has 0 aliphatic carbocycles. The fraction of sp³-hybridized carbons (Fsp3) is 0.160. The summed E-state index contributed by atoms with van der Waals surface area (Å²) in [4.78, 5) is 17.5. The van der Waals surface area contributed by atoms with E-state index in [2.05, 4.69) is 41.9 Å². The maximum atomic E-state index is 13.0. The highest BCUT2D eigenvalue weighted by Crippen LogP contribution is 2.34. The van der Waals surface area contributed by atoms with E-state index < -0.39 is 0 Å². The monoisotopic (exact) mass is 569 g/mol. The number of rotatable bonds is 7. The molecule has 0 atom stereocenters. The highest BCUT2D eigenvalue weighted by molar-refractivity contribution is 9.10. The average Bonchev–Trinajstić information content (AvgIpc) is 2.81. The number of hydrogen-bond donors (Lipinski definition) is 0. The molecule has 0 spiro atoms. The van der Waals surface area contributed by atoms with Crippen molar-refractivity contribution in [1.29, 1.82) is 0 Å². The van der Waals surface area contributed by atoms with Gasteiger partial charge in [-0.25, -0.2) is 4.98 Å². The molecule has 0 amide bonds. The van der Waals surface area contributed by atoms with Crippen LogP contribution >= 0.6 is 31.9 Å². The SMILES string of the molecule is CCOc1cc(C=Nn2c(C)nc3ccc(Br)cc3c2=O)c(Br)cc1OCc1ccccc1. The van der Waals surface area contributed by atoms with Crippen LogP contribution in [0.3, 0.4) is 0 Å². The van der Waals surface area contributed by atoms with E-state index in [1.807, 2.05) is 55.5 Å². The third kappa shape index (κ3) is 5.34. The van der Waals surface area contributed by atoms with Crippen molar-refractivity contribution in [1.82, 2.24) is 9.66 Å². The minimum Gasteiger partial charge on any atom is -0.490 e. The van der Waals surface area contributed by atoms with Gasteiger partial charge in [-0.1, -0.05) is 46.3 Å². The van der Waals surface area contributed by atoms with Crippen molar-refractivity contribution in [2.45, 2.75) is 20.5 Å². The van der Waals surface area contributed by atoms with Crippen molar-refractivity contribution in [3.63, 3.8) is 0 Å². The minimum absolute atomic E-state index is 0.237. The number of ether oxygens (including phenoxy) is 2. The minimum atomic E-state index is -0.237. The van der Waals surface area contributed by atoms with E-state index in [4.69, 9.17) is 9.47 Å². The Morgan fingerprint density at radius 1 is 1.03 bits per heavy atom. The van der Waals surface area contributed by atoms with Crippen LogP contribution in [0.15, 0.2) is 79.5 Å². The molecule has 6 nitrogen and oxygen atoms in total. The molecule has 168 valence electrons. The van der Waals surface area contributed by atoms with Gasteiger partial charge in [-0.3, -0.25) is 4.79 Å². The van der Waals surface area contributed by atoms with Crippen molar-refractivity contribution >= 4 is 49.0 Å². The molecule has 0 saturated carbocycles. The highest BCUT2D eigenvalue weighted by Gasteiger charge is 2.12. The molecular formula is C25H21Br2N3O3. The third-order valence-corrected chi connectivity index (χ3v) is 6.06. The van der Waals surface area contributed by atoms with Gasteiger partial charge < -0.3 is 9.47 Å². The lowest BCUT2D eigenvalue weighted by molar-refractivity contribution is 0.269. The van der Waals surface area contributed by atoms with Crippen molar-refractivity contribution in [3.05, 3.63) is 96.9 Å². The Kier molecular flexibility index (Phi) is 7.25. The second-order valence-corrected chi connectivity index (χ2v) is 8.98.